The third-order valence-electron chi connectivity index (χ3n) is 5.14. The van der Waals surface area contributed by atoms with E-state index >= 15 is 0 Å². The van der Waals surface area contributed by atoms with Gasteiger partial charge in [0.2, 0.25) is 15.9 Å². The number of sulfonamides is 1. The Bertz CT molecular complexity index is 1230. The Morgan fingerprint density at radius 1 is 0.935 bits per heavy atom. The minimum absolute atomic E-state index is 0.00419. The molecule has 3 aromatic rings. The molecule has 1 unspecified atom stereocenters. The highest BCUT2D eigenvalue weighted by molar-refractivity contribution is 7.89. The van der Waals surface area contributed by atoms with Gasteiger partial charge in [0, 0.05) is 6.54 Å². The molecule has 0 saturated carbocycles. The zero-order chi connectivity index (χ0) is 22.2. The number of hydrogen-bond donors (Lipinski definition) is 1. The van der Waals surface area contributed by atoms with Gasteiger partial charge in [0.25, 0.3) is 0 Å². The summed E-state index contributed by atoms with van der Waals surface area (Å²) in [6, 6.07) is 15.6. The van der Waals surface area contributed by atoms with Crippen LogP contribution in [0, 0.1) is 5.82 Å². The molecule has 0 aromatic heterocycles. The summed E-state index contributed by atoms with van der Waals surface area (Å²) in [6.45, 7) is 0.00419. The van der Waals surface area contributed by atoms with Crippen molar-refractivity contribution in [3.8, 4) is 0 Å². The molecule has 0 aliphatic carbocycles. The summed E-state index contributed by atoms with van der Waals surface area (Å²) in [5.74, 6) is -1.11. The monoisotopic (exact) mass is 478 g/mol. The van der Waals surface area contributed by atoms with E-state index in [4.69, 9.17) is 23.2 Å². The number of rotatable bonds is 4. The summed E-state index contributed by atoms with van der Waals surface area (Å²) in [6.07, 6.45) is 0.171. The second kappa shape index (κ2) is 8.59. The predicted molar refractivity (Wildman–Crippen MR) is 118 cm³/mol. The molecule has 0 saturated heterocycles. The lowest BCUT2D eigenvalue weighted by Crippen LogP contribution is -2.50. The minimum atomic E-state index is -4.09. The molecular weight excluding hydrogens is 462 g/mol. The van der Waals surface area contributed by atoms with Gasteiger partial charge >= 0.3 is 0 Å². The molecule has 31 heavy (non-hydrogen) atoms. The smallest absolute Gasteiger partial charge is 0.244 e. The van der Waals surface area contributed by atoms with E-state index in [1.54, 1.807) is 18.2 Å². The Labute approximate surface area is 189 Å². The van der Waals surface area contributed by atoms with Crippen molar-refractivity contribution in [3.63, 3.8) is 0 Å². The van der Waals surface area contributed by atoms with Gasteiger partial charge in [-0.1, -0.05) is 53.5 Å². The molecule has 1 amide bonds. The van der Waals surface area contributed by atoms with Crippen molar-refractivity contribution in [2.75, 3.05) is 5.32 Å². The van der Waals surface area contributed by atoms with E-state index in [-0.39, 0.29) is 33.6 Å². The molecule has 0 bridgehead atoms. The highest BCUT2D eigenvalue weighted by Crippen LogP contribution is 2.33. The van der Waals surface area contributed by atoms with Crippen molar-refractivity contribution in [2.24, 2.45) is 0 Å². The molecule has 9 heteroatoms. The maximum atomic E-state index is 13.4. The normalized spacial score (nSPS) is 16.5. The maximum Gasteiger partial charge on any atom is 0.244 e. The van der Waals surface area contributed by atoms with Crippen LogP contribution in [0.2, 0.25) is 10.0 Å². The number of nitrogens with zero attached hydrogens (tertiary/aromatic N) is 1. The van der Waals surface area contributed by atoms with E-state index in [0.29, 0.717) is 0 Å². The van der Waals surface area contributed by atoms with Crippen LogP contribution >= 0.6 is 23.2 Å². The number of nitrogens with one attached hydrogen (secondary N) is 1. The van der Waals surface area contributed by atoms with Crippen molar-refractivity contribution in [1.29, 1.82) is 0 Å². The van der Waals surface area contributed by atoms with Crippen LogP contribution in [0.15, 0.2) is 71.6 Å². The highest BCUT2D eigenvalue weighted by atomic mass is 35.5. The predicted octanol–water partition coefficient (Wildman–Crippen LogP) is 4.89. The number of amides is 1. The van der Waals surface area contributed by atoms with Crippen molar-refractivity contribution in [3.05, 3.63) is 93.7 Å². The van der Waals surface area contributed by atoms with Crippen molar-refractivity contribution >= 4 is 44.8 Å². The third-order valence-corrected chi connectivity index (χ3v) is 7.64. The number of fused-ring (bicyclic) bond motifs is 1. The average molecular weight is 479 g/mol. The topological polar surface area (TPSA) is 66.5 Å². The van der Waals surface area contributed by atoms with Gasteiger partial charge in [-0.2, -0.15) is 4.31 Å². The van der Waals surface area contributed by atoms with E-state index in [1.807, 2.05) is 24.3 Å². The standard InChI is InChI=1S/C22H17Cl2FN2O3S/c23-18-6-3-7-19(24)21(18)26-22(28)20-12-14-4-1-2-5-15(14)13-27(20)31(29,30)17-10-8-16(25)9-11-17/h1-11,20H,12-13H2,(H,26,28). The van der Waals surface area contributed by atoms with Gasteiger partial charge in [-0.15, -0.1) is 0 Å². The van der Waals surface area contributed by atoms with Gasteiger partial charge in [0.15, 0.2) is 0 Å². The first-order valence-electron chi connectivity index (χ1n) is 9.36. The third kappa shape index (κ3) is 4.32. The number of carbonyl (C=O) groups is 1. The Morgan fingerprint density at radius 2 is 1.55 bits per heavy atom. The quantitative estimate of drug-likeness (QED) is 0.580. The maximum absolute atomic E-state index is 13.4. The van der Waals surface area contributed by atoms with Crippen LogP contribution in [0.25, 0.3) is 0 Å². The van der Waals surface area contributed by atoms with Crippen molar-refractivity contribution < 1.29 is 17.6 Å². The van der Waals surface area contributed by atoms with E-state index in [9.17, 15) is 17.6 Å². The lowest BCUT2D eigenvalue weighted by molar-refractivity contribution is -0.120. The fourth-order valence-electron chi connectivity index (χ4n) is 3.54. The summed E-state index contributed by atoms with van der Waals surface area (Å²) < 4.78 is 41.2. The SMILES string of the molecule is O=C(Nc1c(Cl)cccc1Cl)C1Cc2ccccc2CN1S(=O)(=O)c1ccc(F)cc1. The minimum Gasteiger partial charge on any atom is -0.322 e. The number of hydrogen-bond acceptors (Lipinski definition) is 3. The van der Waals surface area contributed by atoms with Crippen LogP contribution in [0.1, 0.15) is 11.1 Å². The second-order valence-corrected chi connectivity index (χ2v) is 9.78. The Balaban J connectivity index is 1.74. The molecule has 0 spiro atoms. The zero-order valence-electron chi connectivity index (χ0n) is 16.1. The largest absolute Gasteiger partial charge is 0.322 e. The summed E-state index contributed by atoms with van der Waals surface area (Å²) in [5.41, 5.74) is 1.89. The highest BCUT2D eigenvalue weighted by Gasteiger charge is 2.39. The number of benzene rings is 3. The summed E-state index contributed by atoms with van der Waals surface area (Å²) in [4.78, 5) is 13.1. The molecule has 0 radical (unpaired) electrons. The Kier molecular flexibility index (Phi) is 6.03. The molecule has 3 aromatic carbocycles. The molecule has 160 valence electrons. The summed E-state index contributed by atoms with van der Waals surface area (Å²) in [5, 5.41) is 3.15. The van der Waals surface area contributed by atoms with Gasteiger partial charge in [-0.3, -0.25) is 4.79 Å². The first-order valence-corrected chi connectivity index (χ1v) is 11.6. The number of halogens is 3. The van der Waals surface area contributed by atoms with Crippen LogP contribution in [0.3, 0.4) is 0 Å². The van der Waals surface area contributed by atoms with Crippen LogP contribution < -0.4 is 5.32 Å². The first kappa shape index (κ1) is 21.8. The Morgan fingerprint density at radius 3 is 2.19 bits per heavy atom. The zero-order valence-corrected chi connectivity index (χ0v) is 18.4. The van der Waals surface area contributed by atoms with E-state index in [2.05, 4.69) is 5.32 Å². The molecule has 5 nitrogen and oxygen atoms in total. The van der Waals surface area contributed by atoms with Crippen LogP contribution in [0.4, 0.5) is 10.1 Å². The van der Waals surface area contributed by atoms with Gasteiger partial charge in [-0.25, -0.2) is 12.8 Å². The number of carbonyl (C=O) groups excluding carboxylic acids is 1. The molecule has 0 fully saturated rings. The van der Waals surface area contributed by atoms with Gasteiger partial charge < -0.3 is 5.32 Å². The average Bonchev–Trinajstić information content (AvgIpc) is 2.75. The van der Waals surface area contributed by atoms with Crippen LogP contribution in [-0.4, -0.2) is 24.7 Å². The molecular formula is C22H17Cl2FN2O3S. The Hall–Kier alpha value is -2.45. The van der Waals surface area contributed by atoms with Crippen LogP contribution in [0.5, 0.6) is 0 Å². The fourth-order valence-corrected chi connectivity index (χ4v) is 5.60. The molecule has 1 atom stereocenters. The summed E-state index contributed by atoms with van der Waals surface area (Å²) in [7, 11) is -4.09. The van der Waals surface area contributed by atoms with E-state index < -0.39 is 27.8 Å². The lowest BCUT2D eigenvalue weighted by Gasteiger charge is -2.35. The number of para-hydroxylation sites is 1. The fraction of sp³-hybridized carbons (Fsp3) is 0.136. The molecule has 4 rings (SSSR count). The van der Waals surface area contributed by atoms with Gasteiger partial charge in [0.05, 0.1) is 20.6 Å². The lowest BCUT2D eigenvalue weighted by atomic mass is 9.95. The van der Waals surface area contributed by atoms with Crippen molar-refractivity contribution in [2.45, 2.75) is 23.9 Å². The molecule has 1 aliphatic rings. The second-order valence-electron chi connectivity index (χ2n) is 7.08. The molecule has 1 heterocycles. The van der Waals surface area contributed by atoms with Crippen molar-refractivity contribution in [1.82, 2.24) is 4.31 Å². The summed E-state index contributed by atoms with van der Waals surface area (Å²) >= 11 is 12.3. The van der Waals surface area contributed by atoms with Gasteiger partial charge in [0.1, 0.15) is 11.9 Å². The van der Waals surface area contributed by atoms with Crippen LogP contribution in [-0.2, 0) is 27.8 Å². The molecule has 1 N–H and O–H groups in total. The number of anilines is 1. The van der Waals surface area contributed by atoms with E-state index in [0.717, 1.165) is 27.6 Å². The molecule has 1 aliphatic heterocycles. The van der Waals surface area contributed by atoms with E-state index in [1.165, 1.54) is 12.1 Å². The van der Waals surface area contributed by atoms with Gasteiger partial charge in [-0.05, 0) is 53.9 Å². The first-order chi connectivity index (χ1) is 14.8.